The van der Waals surface area contributed by atoms with Crippen LogP contribution in [0.1, 0.15) is 19.8 Å². The molecule has 1 aromatic rings. The fourth-order valence-electron chi connectivity index (χ4n) is 4.89. The molecule has 3 heterocycles. The number of β-amino-alcohol motifs (C(OH)–C–C–N with tert-alkyl or cyclic N) is 1. The number of halogens is 1. The van der Waals surface area contributed by atoms with Crippen molar-refractivity contribution in [2.24, 2.45) is 5.92 Å². The SMILES string of the molecule is CC(=O)NC[C@H]1CN(c2ccc(N3C[C@H]4CCCN(CCO)[C@H]4C3)c(F)c2)C(=O)O1. The van der Waals surface area contributed by atoms with Crippen molar-refractivity contribution < 1.29 is 23.8 Å². The van der Waals surface area contributed by atoms with Crippen LogP contribution >= 0.6 is 0 Å². The molecule has 0 unspecified atom stereocenters. The molecule has 0 saturated carbocycles. The van der Waals surface area contributed by atoms with Crippen molar-refractivity contribution >= 4 is 23.4 Å². The first-order valence-corrected chi connectivity index (χ1v) is 10.6. The maximum absolute atomic E-state index is 15.0. The molecule has 8 nitrogen and oxygen atoms in total. The van der Waals surface area contributed by atoms with Gasteiger partial charge in [0.1, 0.15) is 11.9 Å². The first-order chi connectivity index (χ1) is 14.5. The second kappa shape index (κ2) is 8.77. The van der Waals surface area contributed by atoms with Crippen LogP contribution in [0.2, 0.25) is 0 Å². The lowest BCUT2D eigenvalue weighted by Crippen LogP contribution is -2.46. The Morgan fingerprint density at radius 2 is 2.17 bits per heavy atom. The zero-order valence-corrected chi connectivity index (χ0v) is 17.2. The average molecular weight is 420 g/mol. The summed E-state index contributed by atoms with van der Waals surface area (Å²) in [7, 11) is 0. The van der Waals surface area contributed by atoms with E-state index in [0.717, 1.165) is 32.5 Å². The second-order valence-electron chi connectivity index (χ2n) is 8.32. The number of ether oxygens (including phenoxy) is 1. The number of anilines is 2. The molecule has 30 heavy (non-hydrogen) atoms. The van der Waals surface area contributed by atoms with Gasteiger partial charge in [0.05, 0.1) is 31.1 Å². The van der Waals surface area contributed by atoms with Gasteiger partial charge in [-0.1, -0.05) is 0 Å². The zero-order valence-electron chi connectivity index (χ0n) is 17.2. The van der Waals surface area contributed by atoms with Crippen molar-refractivity contribution in [2.75, 3.05) is 55.7 Å². The van der Waals surface area contributed by atoms with Gasteiger partial charge in [-0.3, -0.25) is 14.6 Å². The Morgan fingerprint density at radius 1 is 1.33 bits per heavy atom. The molecule has 3 saturated heterocycles. The molecule has 0 aliphatic carbocycles. The van der Waals surface area contributed by atoms with Crippen LogP contribution in [0.3, 0.4) is 0 Å². The molecule has 3 aliphatic heterocycles. The number of benzene rings is 1. The molecular weight excluding hydrogens is 391 g/mol. The Hall–Kier alpha value is -2.39. The Kier molecular flexibility index (Phi) is 6.10. The molecule has 2 amide bonds. The third-order valence-corrected chi connectivity index (χ3v) is 6.32. The number of aliphatic hydroxyl groups excluding tert-OH is 1. The van der Waals surface area contributed by atoms with Crippen LogP contribution in [0.4, 0.5) is 20.6 Å². The summed E-state index contributed by atoms with van der Waals surface area (Å²) < 4.78 is 20.3. The molecular formula is C21H29FN4O4. The molecule has 9 heteroatoms. The second-order valence-corrected chi connectivity index (χ2v) is 8.32. The molecule has 0 aromatic heterocycles. The molecule has 4 rings (SSSR count). The molecule has 0 spiro atoms. The largest absolute Gasteiger partial charge is 0.442 e. The third kappa shape index (κ3) is 4.22. The Morgan fingerprint density at radius 3 is 2.90 bits per heavy atom. The smallest absolute Gasteiger partial charge is 0.414 e. The number of piperidine rings is 1. The first-order valence-electron chi connectivity index (χ1n) is 10.6. The fraction of sp³-hybridized carbons (Fsp3) is 0.619. The van der Waals surface area contributed by atoms with Crippen molar-refractivity contribution in [3.63, 3.8) is 0 Å². The molecule has 1 aromatic carbocycles. The van der Waals surface area contributed by atoms with Crippen molar-refractivity contribution in [1.82, 2.24) is 10.2 Å². The zero-order chi connectivity index (χ0) is 21.3. The number of fused-ring (bicyclic) bond motifs is 1. The van der Waals surface area contributed by atoms with E-state index < -0.39 is 12.2 Å². The summed E-state index contributed by atoms with van der Waals surface area (Å²) in [5.41, 5.74) is 0.990. The van der Waals surface area contributed by atoms with Crippen LogP contribution in [0.5, 0.6) is 0 Å². The lowest BCUT2D eigenvalue weighted by atomic mass is 9.92. The number of carbonyl (C=O) groups is 2. The summed E-state index contributed by atoms with van der Waals surface area (Å²) in [5.74, 6) is -0.0749. The number of hydrogen-bond acceptors (Lipinski definition) is 6. The maximum atomic E-state index is 15.0. The van der Waals surface area contributed by atoms with E-state index in [9.17, 15) is 14.7 Å². The number of likely N-dealkylation sites (tertiary alicyclic amines) is 1. The van der Waals surface area contributed by atoms with Gasteiger partial charge in [-0.05, 0) is 43.5 Å². The molecule has 3 aliphatic rings. The highest BCUT2D eigenvalue weighted by Gasteiger charge is 2.39. The predicted molar refractivity (Wildman–Crippen MR) is 110 cm³/mol. The highest BCUT2D eigenvalue weighted by Crippen LogP contribution is 2.35. The quantitative estimate of drug-likeness (QED) is 0.719. The van der Waals surface area contributed by atoms with Crippen molar-refractivity contribution in [2.45, 2.75) is 31.9 Å². The van der Waals surface area contributed by atoms with Crippen molar-refractivity contribution in [3.05, 3.63) is 24.0 Å². The van der Waals surface area contributed by atoms with Gasteiger partial charge in [-0.25, -0.2) is 9.18 Å². The highest BCUT2D eigenvalue weighted by atomic mass is 19.1. The number of rotatable bonds is 6. The summed E-state index contributed by atoms with van der Waals surface area (Å²) in [6, 6.07) is 5.19. The molecule has 3 fully saturated rings. The average Bonchev–Trinajstić information content (AvgIpc) is 3.30. The van der Waals surface area contributed by atoms with Crippen molar-refractivity contribution in [1.29, 1.82) is 0 Å². The Balaban J connectivity index is 1.44. The van der Waals surface area contributed by atoms with E-state index in [1.165, 1.54) is 17.9 Å². The van der Waals surface area contributed by atoms with Crippen LogP contribution in [0.25, 0.3) is 0 Å². The lowest BCUT2D eigenvalue weighted by molar-refractivity contribution is -0.119. The summed E-state index contributed by atoms with van der Waals surface area (Å²) in [4.78, 5) is 29.0. The lowest BCUT2D eigenvalue weighted by Gasteiger charge is -2.36. The van der Waals surface area contributed by atoms with Gasteiger partial charge in [0.15, 0.2) is 0 Å². The number of hydrogen-bond donors (Lipinski definition) is 2. The minimum Gasteiger partial charge on any atom is -0.442 e. The number of carbonyl (C=O) groups excluding carboxylic acids is 2. The van der Waals surface area contributed by atoms with Gasteiger partial charge in [0, 0.05) is 32.6 Å². The van der Waals surface area contributed by atoms with Crippen LogP contribution in [0, 0.1) is 11.7 Å². The third-order valence-electron chi connectivity index (χ3n) is 6.32. The number of nitrogens with one attached hydrogen (secondary N) is 1. The van der Waals surface area contributed by atoms with Gasteiger partial charge in [-0.2, -0.15) is 0 Å². The highest BCUT2D eigenvalue weighted by molar-refractivity contribution is 5.90. The van der Waals surface area contributed by atoms with Gasteiger partial charge < -0.3 is 20.1 Å². The van der Waals surface area contributed by atoms with E-state index in [2.05, 4.69) is 15.1 Å². The predicted octanol–water partition coefficient (Wildman–Crippen LogP) is 1.18. The van der Waals surface area contributed by atoms with Gasteiger partial charge >= 0.3 is 6.09 Å². The summed E-state index contributed by atoms with van der Waals surface area (Å²) in [6.07, 6.45) is 1.23. The van der Waals surface area contributed by atoms with Crippen LogP contribution in [0.15, 0.2) is 18.2 Å². The first kappa shape index (κ1) is 20.9. The number of aliphatic hydroxyl groups is 1. The van der Waals surface area contributed by atoms with Gasteiger partial charge in [0.2, 0.25) is 5.91 Å². The molecule has 164 valence electrons. The number of nitrogens with zero attached hydrogens (tertiary/aromatic N) is 3. The van der Waals surface area contributed by atoms with Gasteiger partial charge in [-0.15, -0.1) is 0 Å². The molecule has 3 atom stereocenters. The normalized spacial score (nSPS) is 26.6. The van der Waals surface area contributed by atoms with E-state index >= 15 is 4.39 Å². The van der Waals surface area contributed by atoms with Crippen LogP contribution < -0.4 is 15.1 Å². The summed E-state index contributed by atoms with van der Waals surface area (Å²) >= 11 is 0. The minimum atomic E-state index is -0.538. The Labute approximate surface area is 175 Å². The van der Waals surface area contributed by atoms with E-state index in [4.69, 9.17) is 4.74 Å². The molecule has 0 radical (unpaired) electrons. The summed E-state index contributed by atoms with van der Waals surface area (Å²) in [5, 5.41) is 12.0. The number of cyclic esters (lactones) is 1. The minimum absolute atomic E-state index is 0.140. The van der Waals surface area contributed by atoms with Crippen LogP contribution in [-0.2, 0) is 9.53 Å². The van der Waals surface area contributed by atoms with Crippen LogP contribution in [-0.4, -0.2) is 80.0 Å². The van der Waals surface area contributed by atoms with E-state index in [0.29, 0.717) is 29.9 Å². The van der Waals surface area contributed by atoms with E-state index in [1.807, 2.05) is 0 Å². The molecule has 0 bridgehead atoms. The monoisotopic (exact) mass is 420 g/mol. The standard InChI is InChI=1S/C21H29FN4O4/c1-14(28)23-10-17-12-26(21(29)30-17)16-4-5-19(18(22)9-16)25-11-15-3-2-6-24(7-8-27)20(15)13-25/h4-5,9,15,17,20,27H,2-3,6-8,10-13H2,1H3,(H,23,28)/t15-,17+,20+/m1/s1. The fourth-order valence-corrected chi connectivity index (χ4v) is 4.89. The van der Waals surface area contributed by atoms with E-state index in [1.54, 1.807) is 12.1 Å². The Bertz CT molecular complexity index is 805. The molecule has 2 N–H and O–H groups in total. The summed E-state index contributed by atoms with van der Waals surface area (Å²) in [6.45, 7) is 5.22. The maximum Gasteiger partial charge on any atom is 0.414 e. The van der Waals surface area contributed by atoms with Gasteiger partial charge in [0.25, 0.3) is 0 Å². The van der Waals surface area contributed by atoms with Crippen molar-refractivity contribution in [3.8, 4) is 0 Å². The topological polar surface area (TPSA) is 85.4 Å². The number of amides is 2. The van der Waals surface area contributed by atoms with E-state index in [-0.39, 0.29) is 31.4 Å².